The van der Waals surface area contributed by atoms with Gasteiger partial charge in [0.2, 0.25) is 5.91 Å². The van der Waals surface area contributed by atoms with E-state index in [1.165, 1.54) is 29.7 Å². The van der Waals surface area contributed by atoms with E-state index in [-0.39, 0.29) is 23.9 Å². The second-order valence-corrected chi connectivity index (χ2v) is 6.69. The molecule has 0 saturated heterocycles. The molecule has 1 aromatic carbocycles. The monoisotopic (exact) mass is 402 g/mol. The summed E-state index contributed by atoms with van der Waals surface area (Å²) < 4.78 is 15.4. The Morgan fingerprint density at radius 3 is 2.64 bits per heavy atom. The maximum absolute atomic E-state index is 14.2. The van der Waals surface area contributed by atoms with Crippen LogP contribution >= 0.6 is 11.6 Å². The molecule has 0 aliphatic heterocycles. The van der Waals surface area contributed by atoms with E-state index >= 15 is 0 Å². The van der Waals surface area contributed by atoms with Gasteiger partial charge in [-0.2, -0.15) is 0 Å². The van der Waals surface area contributed by atoms with Crippen LogP contribution < -0.4 is 10.9 Å². The molecular formula is C20H16ClFN2O4. The molecule has 0 saturated carbocycles. The third-order valence-electron chi connectivity index (χ3n) is 4.29. The zero-order valence-corrected chi connectivity index (χ0v) is 15.6. The number of pyridine rings is 2. The average molecular weight is 403 g/mol. The van der Waals surface area contributed by atoms with Crippen molar-refractivity contribution in [1.82, 2.24) is 9.72 Å². The number of nitrogens with zero attached hydrogens (tertiary/aromatic N) is 1. The Hall–Kier alpha value is -3.19. The number of aromatic nitrogens is 1. The second kappa shape index (κ2) is 7.82. The largest absolute Gasteiger partial charge is 0.477 e. The molecule has 6 nitrogen and oxygen atoms in total. The fourth-order valence-electron chi connectivity index (χ4n) is 2.94. The highest BCUT2D eigenvalue weighted by Crippen LogP contribution is 2.21. The van der Waals surface area contributed by atoms with Crippen molar-refractivity contribution in [2.24, 2.45) is 0 Å². The van der Waals surface area contributed by atoms with Crippen LogP contribution in [0.2, 0.25) is 5.02 Å². The van der Waals surface area contributed by atoms with Gasteiger partial charge in [-0.05, 0) is 34.9 Å². The van der Waals surface area contributed by atoms with E-state index in [2.05, 4.69) is 5.32 Å². The summed E-state index contributed by atoms with van der Waals surface area (Å²) in [5.41, 5.74) is 0.773. The first kappa shape index (κ1) is 19.6. The van der Waals surface area contributed by atoms with Crippen LogP contribution in [-0.4, -0.2) is 21.4 Å². The second-order valence-electron chi connectivity index (χ2n) is 6.29. The summed E-state index contributed by atoms with van der Waals surface area (Å²) in [7, 11) is 0. The standard InChI is InChI=1S/C20H16ClFN2O4/c1-11(25)23-9-14-8-15(20(27)28)19(26)24-10-12(5-6-17(14)24)7-13-3-2-4-16(21)18(13)22/h2-6,8,10H,7,9H2,1H3,(H,23,25)(H,27,28). The number of aromatic carboxylic acids is 1. The molecule has 0 bridgehead atoms. The maximum atomic E-state index is 14.2. The summed E-state index contributed by atoms with van der Waals surface area (Å²) in [4.78, 5) is 35.2. The van der Waals surface area contributed by atoms with Gasteiger partial charge in [-0.1, -0.05) is 29.8 Å². The van der Waals surface area contributed by atoms with Crippen LogP contribution in [0.1, 0.15) is 34.0 Å². The predicted molar refractivity (Wildman–Crippen MR) is 102 cm³/mol. The number of carboxylic acids is 1. The van der Waals surface area contributed by atoms with Crippen molar-refractivity contribution in [3.63, 3.8) is 0 Å². The molecule has 0 fully saturated rings. The lowest BCUT2D eigenvalue weighted by Crippen LogP contribution is -2.26. The molecule has 144 valence electrons. The van der Waals surface area contributed by atoms with Crippen molar-refractivity contribution in [2.45, 2.75) is 19.9 Å². The molecule has 3 aromatic rings. The smallest absolute Gasteiger partial charge is 0.341 e. The number of nitrogens with one attached hydrogen (secondary N) is 1. The molecule has 0 aliphatic carbocycles. The average Bonchev–Trinajstić information content (AvgIpc) is 2.65. The van der Waals surface area contributed by atoms with Gasteiger partial charge >= 0.3 is 5.97 Å². The van der Waals surface area contributed by atoms with E-state index in [0.29, 0.717) is 22.2 Å². The van der Waals surface area contributed by atoms with Crippen LogP contribution in [0.3, 0.4) is 0 Å². The number of benzene rings is 1. The molecule has 0 unspecified atom stereocenters. The first-order valence-corrected chi connectivity index (χ1v) is 8.73. The molecule has 2 heterocycles. The Labute approximate surface area is 164 Å². The third-order valence-corrected chi connectivity index (χ3v) is 4.58. The molecule has 0 spiro atoms. The molecule has 2 N–H and O–H groups in total. The Morgan fingerprint density at radius 1 is 1.21 bits per heavy atom. The van der Waals surface area contributed by atoms with E-state index in [9.17, 15) is 23.9 Å². The molecule has 28 heavy (non-hydrogen) atoms. The zero-order valence-electron chi connectivity index (χ0n) is 14.8. The lowest BCUT2D eigenvalue weighted by molar-refractivity contribution is -0.119. The van der Waals surface area contributed by atoms with Gasteiger partial charge in [0, 0.05) is 26.1 Å². The Balaban J connectivity index is 2.12. The molecular weight excluding hydrogens is 387 g/mol. The minimum atomic E-state index is -1.37. The topological polar surface area (TPSA) is 87.9 Å². The van der Waals surface area contributed by atoms with E-state index in [1.807, 2.05) is 0 Å². The summed E-state index contributed by atoms with van der Waals surface area (Å²) >= 11 is 5.81. The SMILES string of the molecule is CC(=O)NCc1cc(C(=O)O)c(=O)n2cc(Cc3cccc(Cl)c3F)ccc12. The normalized spacial score (nSPS) is 10.8. The van der Waals surface area contributed by atoms with Crippen LogP contribution in [0.4, 0.5) is 4.39 Å². The minimum Gasteiger partial charge on any atom is -0.477 e. The Bertz CT molecular complexity index is 1160. The summed E-state index contributed by atoms with van der Waals surface area (Å²) in [6.45, 7) is 1.41. The molecule has 8 heteroatoms. The van der Waals surface area contributed by atoms with Crippen molar-refractivity contribution in [1.29, 1.82) is 0 Å². The highest BCUT2D eigenvalue weighted by molar-refractivity contribution is 6.30. The van der Waals surface area contributed by atoms with Crippen molar-refractivity contribution in [3.05, 3.63) is 86.0 Å². The van der Waals surface area contributed by atoms with Gasteiger partial charge in [0.25, 0.3) is 5.56 Å². The van der Waals surface area contributed by atoms with Crippen molar-refractivity contribution in [2.75, 3.05) is 0 Å². The number of hydrogen-bond acceptors (Lipinski definition) is 3. The van der Waals surface area contributed by atoms with E-state index in [4.69, 9.17) is 11.6 Å². The summed E-state index contributed by atoms with van der Waals surface area (Å²) in [5, 5.41) is 11.9. The Morgan fingerprint density at radius 2 is 1.96 bits per heavy atom. The van der Waals surface area contributed by atoms with Crippen LogP contribution in [0, 0.1) is 5.82 Å². The molecule has 0 radical (unpaired) electrons. The number of carbonyl (C=O) groups excluding carboxylic acids is 1. The van der Waals surface area contributed by atoms with Gasteiger partial charge in [-0.15, -0.1) is 0 Å². The van der Waals surface area contributed by atoms with Gasteiger partial charge in [-0.25, -0.2) is 9.18 Å². The number of hydrogen-bond donors (Lipinski definition) is 2. The predicted octanol–water partition coefficient (Wildman–Crippen LogP) is 3.02. The number of fused-ring (bicyclic) bond motifs is 1. The molecule has 0 atom stereocenters. The fraction of sp³-hybridized carbons (Fsp3) is 0.150. The highest BCUT2D eigenvalue weighted by Gasteiger charge is 2.16. The zero-order chi connectivity index (χ0) is 20.4. The van der Waals surface area contributed by atoms with Crippen molar-refractivity contribution in [3.8, 4) is 0 Å². The molecule has 0 aliphatic rings. The quantitative estimate of drug-likeness (QED) is 0.686. The van der Waals surface area contributed by atoms with Gasteiger partial charge in [-0.3, -0.25) is 14.0 Å². The fourth-order valence-corrected chi connectivity index (χ4v) is 3.13. The molecule has 3 rings (SSSR count). The minimum absolute atomic E-state index is 0.00112. The Kier molecular flexibility index (Phi) is 5.46. The molecule has 1 amide bonds. The number of rotatable bonds is 5. The number of carboxylic acid groups (broad SMARTS) is 1. The van der Waals surface area contributed by atoms with E-state index < -0.39 is 22.9 Å². The first-order chi connectivity index (χ1) is 13.3. The van der Waals surface area contributed by atoms with Gasteiger partial charge < -0.3 is 10.4 Å². The van der Waals surface area contributed by atoms with Gasteiger partial charge in [0.05, 0.1) is 10.5 Å². The summed E-state index contributed by atoms with van der Waals surface area (Å²) in [6.07, 6.45) is 1.65. The van der Waals surface area contributed by atoms with Crippen LogP contribution in [-0.2, 0) is 17.8 Å². The van der Waals surface area contributed by atoms with Crippen molar-refractivity contribution >= 4 is 29.0 Å². The van der Waals surface area contributed by atoms with Gasteiger partial charge in [0.15, 0.2) is 0 Å². The third kappa shape index (κ3) is 3.89. The summed E-state index contributed by atoms with van der Waals surface area (Å²) in [6, 6.07) is 9.27. The van der Waals surface area contributed by atoms with Crippen LogP contribution in [0.15, 0.2) is 47.4 Å². The number of carbonyl (C=O) groups is 2. The first-order valence-electron chi connectivity index (χ1n) is 8.35. The lowest BCUT2D eigenvalue weighted by Gasteiger charge is -2.12. The van der Waals surface area contributed by atoms with Crippen molar-refractivity contribution < 1.29 is 19.1 Å². The van der Waals surface area contributed by atoms with E-state index in [0.717, 1.165) is 0 Å². The number of amides is 1. The van der Waals surface area contributed by atoms with Crippen LogP contribution in [0.25, 0.3) is 5.52 Å². The maximum Gasteiger partial charge on any atom is 0.341 e. The van der Waals surface area contributed by atoms with Gasteiger partial charge in [0.1, 0.15) is 11.4 Å². The highest BCUT2D eigenvalue weighted by atomic mass is 35.5. The van der Waals surface area contributed by atoms with Crippen LogP contribution in [0.5, 0.6) is 0 Å². The molecule has 2 aromatic heterocycles. The lowest BCUT2D eigenvalue weighted by atomic mass is 10.0. The number of halogens is 2. The van der Waals surface area contributed by atoms with E-state index in [1.54, 1.807) is 24.3 Å². The summed E-state index contributed by atoms with van der Waals surface area (Å²) in [5.74, 6) is -2.19.